The van der Waals surface area contributed by atoms with E-state index < -0.39 is 10.0 Å². The Labute approximate surface area is 187 Å². The van der Waals surface area contributed by atoms with E-state index in [1.807, 2.05) is 0 Å². The first kappa shape index (κ1) is 22.6. The summed E-state index contributed by atoms with van der Waals surface area (Å²) >= 11 is 0. The minimum absolute atomic E-state index is 0.0629. The fraction of sp³-hybridized carbons (Fsp3) is 0.545. The number of rotatable bonds is 5. The van der Waals surface area contributed by atoms with Crippen LogP contribution in [-0.4, -0.2) is 56.5 Å². The van der Waals surface area contributed by atoms with Gasteiger partial charge in [0.1, 0.15) is 5.82 Å². The summed E-state index contributed by atoms with van der Waals surface area (Å²) in [5, 5.41) is 8.18. The van der Waals surface area contributed by atoms with Crippen molar-refractivity contribution < 1.29 is 8.42 Å². The third-order valence-electron chi connectivity index (χ3n) is 6.07. The molecule has 1 atom stereocenters. The van der Waals surface area contributed by atoms with Crippen LogP contribution in [0.4, 0.5) is 0 Å². The molecule has 1 N–H and O–H groups in total. The Morgan fingerprint density at radius 3 is 2.56 bits per heavy atom. The van der Waals surface area contributed by atoms with Gasteiger partial charge in [-0.3, -0.25) is 4.79 Å². The van der Waals surface area contributed by atoms with Crippen LogP contribution in [0.15, 0.2) is 29.1 Å². The molecule has 0 bridgehead atoms. The van der Waals surface area contributed by atoms with E-state index in [1.54, 1.807) is 11.6 Å². The number of aromatic nitrogens is 5. The van der Waals surface area contributed by atoms with Crippen LogP contribution >= 0.6 is 0 Å². The summed E-state index contributed by atoms with van der Waals surface area (Å²) in [5.41, 5.74) is 2.60. The lowest BCUT2D eigenvalue weighted by Crippen LogP contribution is -2.40. The van der Waals surface area contributed by atoms with Crippen LogP contribution in [0.5, 0.6) is 0 Å². The molecular weight excluding hydrogens is 428 g/mol. The van der Waals surface area contributed by atoms with Gasteiger partial charge in [0, 0.05) is 19.0 Å². The first-order valence-electron chi connectivity index (χ1n) is 11.0. The van der Waals surface area contributed by atoms with E-state index in [4.69, 9.17) is 0 Å². The van der Waals surface area contributed by atoms with E-state index in [1.165, 1.54) is 9.87 Å². The number of piperidine rings is 1. The lowest BCUT2D eigenvalue weighted by molar-refractivity contribution is 0.309. The molecule has 1 fully saturated rings. The predicted molar refractivity (Wildman–Crippen MR) is 123 cm³/mol. The molecule has 0 aliphatic carbocycles. The van der Waals surface area contributed by atoms with Crippen LogP contribution in [0.3, 0.4) is 0 Å². The van der Waals surface area contributed by atoms with Gasteiger partial charge >= 0.3 is 0 Å². The van der Waals surface area contributed by atoms with E-state index in [0.717, 1.165) is 18.4 Å². The van der Waals surface area contributed by atoms with Gasteiger partial charge in [-0.15, -0.1) is 5.10 Å². The van der Waals surface area contributed by atoms with Crippen molar-refractivity contribution in [3.05, 3.63) is 51.6 Å². The first-order valence-corrected chi connectivity index (χ1v) is 12.6. The maximum Gasteiger partial charge on any atom is 0.281 e. The molecule has 32 heavy (non-hydrogen) atoms. The quantitative estimate of drug-likeness (QED) is 0.628. The Hall–Kier alpha value is -2.59. The molecule has 1 saturated heterocycles. The Kier molecular flexibility index (Phi) is 5.93. The number of hydrogen-bond donors (Lipinski definition) is 1. The summed E-state index contributed by atoms with van der Waals surface area (Å²) in [7, 11) is -3.28. The average Bonchev–Trinajstić information content (AvgIpc) is 3.17. The molecule has 1 aliphatic heterocycles. The van der Waals surface area contributed by atoms with Crippen molar-refractivity contribution in [2.24, 2.45) is 0 Å². The summed E-state index contributed by atoms with van der Waals surface area (Å²) in [6.07, 6.45) is 1.49. The minimum Gasteiger partial charge on any atom is -0.308 e. The molecule has 0 radical (unpaired) electrons. The zero-order chi connectivity index (χ0) is 23.1. The van der Waals surface area contributed by atoms with Crippen LogP contribution in [-0.2, 0) is 22.0 Å². The summed E-state index contributed by atoms with van der Waals surface area (Å²) in [6.45, 7) is 9.42. The molecule has 0 amide bonds. The molecule has 9 nitrogen and oxygen atoms in total. The van der Waals surface area contributed by atoms with Crippen molar-refractivity contribution in [1.82, 2.24) is 29.3 Å². The van der Waals surface area contributed by atoms with Gasteiger partial charge in [-0.1, -0.05) is 50.3 Å². The number of nitrogens with zero attached hydrogens (tertiary/aromatic N) is 5. The van der Waals surface area contributed by atoms with Gasteiger partial charge in [0.2, 0.25) is 10.0 Å². The molecular formula is C22H30N6O3S. The van der Waals surface area contributed by atoms with Crippen molar-refractivity contribution in [1.29, 1.82) is 0 Å². The monoisotopic (exact) mass is 458 g/mol. The summed E-state index contributed by atoms with van der Waals surface area (Å²) in [5.74, 6) is 0.384. The van der Waals surface area contributed by atoms with Crippen molar-refractivity contribution in [2.45, 2.75) is 58.4 Å². The maximum absolute atomic E-state index is 12.7. The Morgan fingerprint density at radius 1 is 1.19 bits per heavy atom. The molecule has 172 valence electrons. The van der Waals surface area contributed by atoms with Gasteiger partial charge in [-0.05, 0) is 36.3 Å². The zero-order valence-electron chi connectivity index (χ0n) is 19.0. The number of hydrogen-bond acceptors (Lipinski definition) is 6. The van der Waals surface area contributed by atoms with E-state index in [9.17, 15) is 13.2 Å². The molecule has 10 heteroatoms. The molecule has 3 heterocycles. The van der Waals surface area contributed by atoms with Gasteiger partial charge in [0.25, 0.3) is 5.56 Å². The largest absolute Gasteiger partial charge is 0.308 e. The minimum atomic E-state index is -3.28. The zero-order valence-corrected chi connectivity index (χ0v) is 19.8. The second-order valence-electron chi connectivity index (χ2n) is 9.42. The fourth-order valence-corrected chi connectivity index (χ4v) is 5.25. The lowest BCUT2D eigenvalue weighted by atomic mass is 9.87. The highest BCUT2D eigenvalue weighted by Gasteiger charge is 2.30. The summed E-state index contributed by atoms with van der Waals surface area (Å²) in [4.78, 5) is 20.1. The number of benzene rings is 1. The topological polar surface area (TPSA) is 114 Å². The maximum atomic E-state index is 12.7. The standard InChI is InChI=1S/C22H30N6O3S/c1-5-32(30,31)27-12-6-7-16(14-27)19-23-20-18(21(29)24-19)25-26-28(20)13-15-8-10-17(11-9-15)22(2,3)4/h8-11,16H,5-7,12-14H2,1-4H3,(H,23,24,29). The van der Waals surface area contributed by atoms with Crippen molar-refractivity contribution in [3.63, 3.8) is 0 Å². The van der Waals surface area contributed by atoms with E-state index in [2.05, 4.69) is 65.3 Å². The second-order valence-corrected chi connectivity index (χ2v) is 11.7. The first-order chi connectivity index (χ1) is 15.1. The van der Waals surface area contributed by atoms with E-state index in [0.29, 0.717) is 31.1 Å². The van der Waals surface area contributed by atoms with Gasteiger partial charge in [0.15, 0.2) is 11.2 Å². The molecule has 0 saturated carbocycles. The highest BCUT2D eigenvalue weighted by molar-refractivity contribution is 7.89. The van der Waals surface area contributed by atoms with E-state index >= 15 is 0 Å². The molecule has 1 unspecified atom stereocenters. The highest BCUT2D eigenvalue weighted by Crippen LogP contribution is 2.27. The molecule has 1 aromatic carbocycles. The van der Waals surface area contributed by atoms with Crippen LogP contribution < -0.4 is 5.56 Å². The van der Waals surface area contributed by atoms with Crippen LogP contribution in [0.25, 0.3) is 11.2 Å². The van der Waals surface area contributed by atoms with Crippen LogP contribution in [0.1, 0.15) is 63.4 Å². The summed E-state index contributed by atoms with van der Waals surface area (Å²) < 4.78 is 27.8. The predicted octanol–water partition coefficient (Wildman–Crippen LogP) is 2.39. The van der Waals surface area contributed by atoms with E-state index in [-0.39, 0.29) is 28.2 Å². The Bertz CT molecular complexity index is 1270. The number of H-pyrrole nitrogens is 1. The van der Waals surface area contributed by atoms with Crippen LogP contribution in [0.2, 0.25) is 0 Å². The third kappa shape index (κ3) is 4.47. The van der Waals surface area contributed by atoms with Gasteiger partial charge in [-0.2, -0.15) is 0 Å². The molecule has 0 spiro atoms. The number of nitrogens with one attached hydrogen (secondary N) is 1. The Morgan fingerprint density at radius 2 is 1.91 bits per heavy atom. The third-order valence-corrected chi connectivity index (χ3v) is 7.92. The van der Waals surface area contributed by atoms with Crippen LogP contribution in [0, 0.1) is 0 Å². The fourth-order valence-electron chi connectivity index (χ4n) is 4.07. The Balaban J connectivity index is 1.64. The second kappa shape index (κ2) is 8.40. The SMILES string of the molecule is CCS(=O)(=O)N1CCCC(c2nc3c(nnn3Cc3ccc(C(C)(C)C)cc3)c(=O)[nH]2)C1. The smallest absolute Gasteiger partial charge is 0.281 e. The normalized spacial score (nSPS) is 18.3. The molecule has 1 aliphatic rings. The van der Waals surface area contributed by atoms with Crippen molar-refractivity contribution in [3.8, 4) is 0 Å². The lowest BCUT2D eigenvalue weighted by Gasteiger charge is -2.31. The summed E-state index contributed by atoms with van der Waals surface area (Å²) in [6, 6.07) is 8.31. The van der Waals surface area contributed by atoms with Crippen molar-refractivity contribution in [2.75, 3.05) is 18.8 Å². The molecule has 3 aromatic rings. The van der Waals surface area contributed by atoms with Gasteiger partial charge in [-0.25, -0.2) is 22.4 Å². The highest BCUT2D eigenvalue weighted by atomic mass is 32.2. The number of sulfonamides is 1. The van der Waals surface area contributed by atoms with Gasteiger partial charge < -0.3 is 4.98 Å². The number of fused-ring (bicyclic) bond motifs is 1. The number of aromatic amines is 1. The molecule has 2 aromatic heterocycles. The van der Waals surface area contributed by atoms with Gasteiger partial charge in [0.05, 0.1) is 12.3 Å². The molecule has 4 rings (SSSR count). The van der Waals surface area contributed by atoms with Crippen molar-refractivity contribution >= 4 is 21.2 Å². The average molecular weight is 459 g/mol.